The number of fused-ring (bicyclic) bond motifs is 2. The van der Waals surface area contributed by atoms with Gasteiger partial charge < -0.3 is 15.4 Å². The van der Waals surface area contributed by atoms with Crippen LogP contribution in [-0.4, -0.2) is 52.8 Å². The molecule has 3 N–H and O–H groups in total. The highest BCUT2D eigenvalue weighted by molar-refractivity contribution is 7.14. The largest absolute Gasteiger partial charge is 0.369 e. The van der Waals surface area contributed by atoms with Gasteiger partial charge in [-0.25, -0.2) is 0 Å². The van der Waals surface area contributed by atoms with Crippen LogP contribution < -0.4 is 10.6 Å². The van der Waals surface area contributed by atoms with Crippen molar-refractivity contribution in [3.63, 3.8) is 0 Å². The van der Waals surface area contributed by atoms with E-state index in [-0.39, 0.29) is 23.9 Å². The normalized spacial score (nSPS) is 18.2. The van der Waals surface area contributed by atoms with Gasteiger partial charge in [-0.1, -0.05) is 5.21 Å². The van der Waals surface area contributed by atoms with Crippen LogP contribution in [0.5, 0.6) is 0 Å². The first-order chi connectivity index (χ1) is 12.3. The van der Waals surface area contributed by atoms with E-state index in [1.165, 1.54) is 10.4 Å². The van der Waals surface area contributed by atoms with Crippen LogP contribution in [0.2, 0.25) is 0 Å². The van der Waals surface area contributed by atoms with Crippen LogP contribution in [0.15, 0.2) is 6.07 Å². The third kappa shape index (κ3) is 3.90. The predicted octanol–water partition coefficient (Wildman–Crippen LogP) is 1.20. The zero-order valence-electron chi connectivity index (χ0n) is 14.4. The van der Waals surface area contributed by atoms with Gasteiger partial charge in [0.05, 0.1) is 11.5 Å². The Morgan fingerprint density at radius 1 is 1.38 bits per heavy atom. The SMILES string of the molecule is Cl.O=C(NCCCc1nn[nH]n1)c1cc2c(s1)C1(CCNCC1)OCC2. The number of halogens is 1. The summed E-state index contributed by atoms with van der Waals surface area (Å²) in [5.74, 6) is 0.669. The third-order valence-electron chi connectivity index (χ3n) is 4.86. The Hall–Kier alpha value is -1.55. The first-order valence-electron chi connectivity index (χ1n) is 8.75. The maximum Gasteiger partial charge on any atom is 0.261 e. The van der Waals surface area contributed by atoms with Crippen molar-refractivity contribution in [3.8, 4) is 0 Å². The minimum Gasteiger partial charge on any atom is -0.369 e. The van der Waals surface area contributed by atoms with Crippen molar-refractivity contribution in [2.45, 2.75) is 37.7 Å². The van der Waals surface area contributed by atoms with Crippen LogP contribution in [0, 0.1) is 0 Å². The Bertz CT molecular complexity index is 729. The molecule has 1 fully saturated rings. The lowest BCUT2D eigenvalue weighted by molar-refractivity contribution is -0.0771. The lowest BCUT2D eigenvalue weighted by atomic mass is 9.86. The molecule has 0 radical (unpaired) electrons. The summed E-state index contributed by atoms with van der Waals surface area (Å²) in [5, 5.41) is 20.2. The lowest BCUT2D eigenvalue weighted by Gasteiger charge is -2.40. The molecular formula is C16H23ClN6O2S. The number of thiophene rings is 1. The van der Waals surface area contributed by atoms with E-state index in [0.29, 0.717) is 18.8 Å². The minimum absolute atomic E-state index is 0. The van der Waals surface area contributed by atoms with Crippen molar-refractivity contribution in [1.29, 1.82) is 0 Å². The highest BCUT2D eigenvalue weighted by atomic mass is 35.5. The predicted molar refractivity (Wildman–Crippen MR) is 99.8 cm³/mol. The summed E-state index contributed by atoms with van der Waals surface area (Å²) in [6, 6.07) is 2.06. The highest BCUT2D eigenvalue weighted by Gasteiger charge is 2.41. The number of carbonyl (C=O) groups excluding carboxylic acids is 1. The number of hydrogen-bond donors (Lipinski definition) is 3. The molecule has 142 valence electrons. The molecule has 0 aromatic carbocycles. The van der Waals surface area contributed by atoms with E-state index < -0.39 is 0 Å². The fourth-order valence-electron chi connectivity index (χ4n) is 3.56. The number of nitrogens with one attached hydrogen (secondary N) is 3. The molecule has 0 saturated carbocycles. The number of tetrazole rings is 1. The van der Waals surface area contributed by atoms with Crippen LogP contribution in [0.4, 0.5) is 0 Å². The molecule has 2 aliphatic heterocycles. The third-order valence-corrected chi connectivity index (χ3v) is 6.22. The van der Waals surface area contributed by atoms with Gasteiger partial charge in [-0.05, 0) is 50.4 Å². The van der Waals surface area contributed by atoms with Crippen LogP contribution >= 0.6 is 23.7 Å². The zero-order chi connectivity index (χ0) is 17.1. The molecule has 4 heterocycles. The van der Waals surface area contributed by atoms with Crippen molar-refractivity contribution in [2.24, 2.45) is 0 Å². The molecule has 2 aromatic heterocycles. The van der Waals surface area contributed by atoms with E-state index >= 15 is 0 Å². The maximum absolute atomic E-state index is 12.5. The molecule has 1 saturated heterocycles. The number of rotatable bonds is 5. The van der Waals surface area contributed by atoms with Crippen molar-refractivity contribution in [1.82, 2.24) is 31.3 Å². The lowest BCUT2D eigenvalue weighted by Crippen LogP contribution is -2.43. The molecule has 4 rings (SSSR count). The maximum atomic E-state index is 12.5. The fourth-order valence-corrected chi connectivity index (χ4v) is 4.89. The second-order valence-electron chi connectivity index (χ2n) is 6.50. The minimum atomic E-state index is -0.180. The molecule has 0 atom stereocenters. The topological polar surface area (TPSA) is 105 Å². The van der Waals surface area contributed by atoms with Gasteiger partial charge in [-0.2, -0.15) is 5.21 Å². The zero-order valence-corrected chi connectivity index (χ0v) is 16.0. The van der Waals surface area contributed by atoms with Gasteiger partial charge in [0.1, 0.15) is 5.60 Å². The summed E-state index contributed by atoms with van der Waals surface area (Å²) < 4.78 is 6.18. The number of ether oxygens (including phenoxy) is 1. The van der Waals surface area contributed by atoms with Crippen molar-refractivity contribution < 1.29 is 9.53 Å². The Kier molecular flexibility index (Phi) is 6.23. The van der Waals surface area contributed by atoms with Crippen LogP contribution in [0.3, 0.4) is 0 Å². The van der Waals surface area contributed by atoms with Crippen molar-refractivity contribution >= 4 is 29.7 Å². The smallest absolute Gasteiger partial charge is 0.261 e. The summed E-state index contributed by atoms with van der Waals surface area (Å²) in [6.07, 6.45) is 4.33. The van der Waals surface area contributed by atoms with Gasteiger partial charge in [0, 0.05) is 17.8 Å². The monoisotopic (exact) mass is 398 g/mol. The Balaban J connectivity index is 0.00000196. The summed E-state index contributed by atoms with van der Waals surface area (Å²) in [5.41, 5.74) is 1.11. The van der Waals surface area contributed by atoms with E-state index in [0.717, 1.165) is 50.3 Å². The van der Waals surface area contributed by atoms with Crippen molar-refractivity contribution in [3.05, 3.63) is 27.2 Å². The molecule has 26 heavy (non-hydrogen) atoms. The van der Waals surface area contributed by atoms with Gasteiger partial charge in [0.15, 0.2) is 5.82 Å². The summed E-state index contributed by atoms with van der Waals surface area (Å²) >= 11 is 1.60. The van der Waals surface area contributed by atoms with Crippen molar-refractivity contribution in [2.75, 3.05) is 26.2 Å². The molecule has 1 amide bonds. The average molecular weight is 399 g/mol. The molecule has 2 aromatic rings. The number of carbonyl (C=O) groups is 1. The van der Waals surface area contributed by atoms with Crippen LogP contribution in [0.1, 0.15) is 45.2 Å². The van der Waals surface area contributed by atoms with E-state index in [9.17, 15) is 4.79 Å². The first-order valence-corrected chi connectivity index (χ1v) is 9.57. The number of aryl methyl sites for hydroxylation is 1. The standard InChI is InChI=1S/C16H22N6O2S.ClH/c23-15(18-6-1-2-13-19-21-22-20-13)12-10-11-3-9-24-16(14(11)25-12)4-7-17-8-5-16;/h10,17H,1-9H2,(H,18,23)(H,19,20,21,22);1H. The second kappa shape index (κ2) is 8.43. The van der Waals surface area contributed by atoms with E-state index in [1.54, 1.807) is 11.3 Å². The number of nitrogens with zero attached hydrogens (tertiary/aromatic N) is 3. The van der Waals surface area contributed by atoms with Gasteiger partial charge in [-0.3, -0.25) is 4.79 Å². The van der Waals surface area contributed by atoms with E-state index in [4.69, 9.17) is 4.74 Å². The number of amides is 1. The van der Waals surface area contributed by atoms with Gasteiger partial charge >= 0.3 is 0 Å². The number of aromatic amines is 1. The van der Waals surface area contributed by atoms with Gasteiger partial charge in [0.25, 0.3) is 5.91 Å². The fraction of sp³-hybridized carbons (Fsp3) is 0.625. The van der Waals surface area contributed by atoms with Crippen LogP contribution in [0.25, 0.3) is 0 Å². The Morgan fingerprint density at radius 3 is 3.00 bits per heavy atom. The number of aromatic nitrogens is 4. The second-order valence-corrected chi connectivity index (χ2v) is 7.55. The molecule has 10 heteroatoms. The molecular weight excluding hydrogens is 376 g/mol. The Labute approximate surface area is 161 Å². The van der Waals surface area contributed by atoms with Gasteiger partial charge in [0.2, 0.25) is 0 Å². The molecule has 0 bridgehead atoms. The van der Waals surface area contributed by atoms with E-state index in [1.807, 2.05) is 0 Å². The highest BCUT2D eigenvalue weighted by Crippen LogP contribution is 2.44. The Morgan fingerprint density at radius 2 is 2.23 bits per heavy atom. The summed E-state index contributed by atoms with van der Waals surface area (Å²) in [4.78, 5) is 14.5. The average Bonchev–Trinajstić information content (AvgIpc) is 3.30. The van der Waals surface area contributed by atoms with Crippen LogP contribution in [-0.2, 0) is 23.2 Å². The number of H-pyrrole nitrogens is 1. The molecule has 1 spiro atoms. The molecule has 8 nitrogen and oxygen atoms in total. The number of piperidine rings is 1. The van der Waals surface area contributed by atoms with E-state index in [2.05, 4.69) is 37.3 Å². The molecule has 0 aliphatic carbocycles. The summed E-state index contributed by atoms with van der Waals surface area (Å²) in [6.45, 7) is 3.28. The summed E-state index contributed by atoms with van der Waals surface area (Å²) in [7, 11) is 0. The number of hydrogen-bond acceptors (Lipinski definition) is 7. The first kappa shape index (κ1) is 19.2. The quantitative estimate of drug-likeness (QED) is 0.653. The molecule has 2 aliphatic rings. The molecule has 0 unspecified atom stereocenters. The van der Waals surface area contributed by atoms with Gasteiger partial charge in [-0.15, -0.1) is 33.9 Å².